The molecule has 0 amide bonds. The molecule has 486 valence electrons. The Bertz CT molecular complexity index is 1430. The van der Waals surface area contributed by atoms with Crippen LogP contribution < -0.4 is 4.89 Å². The Morgan fingerprint density at radius 2 is 0.622 bits per heavy atom. The first kappa shape index (κ1) is 80.5. The molecule has 0 aromatic carbocycles. The van der Waals surface area contributed by atoms with E-state index < -0.39 is 26.5 Å². The summed E-state index contributed by atoms with van der Waals surface area (Å²) in [6.45, 7) is 4.32. The second-order valence-electron chi connectivity index (χ2n) is 26.0. The highest BCUT2D eigenvalue weighted by Gasteiger charge is 2.22. The fourth-order valence-electron chi connectivity index (χ4n) is 10.9. The van der Waals surface area contributed by atoms with E-state index in [2.05, 4.69) is 38.2 Å². The van der Waals surface area contributed by atoms with Gasteiger partial charge in [-0.1, -0.05) is 321 Å². The summed E-state index contributed by atoms with van der Waals surface area (Å²) < 4.78 is 34.4. The Balaban J connectivity index is 3.98. The van der Waals surface area contributed by atoms with Crippen LogP contribution in [0.5, 0.6) is 0 Å². The summed E-state index contributed by atoms with van der Waals surface area (Å²) in [5.74, 6) is -0.809. The van der Waals surface area contributed by atoms with E-state index >= 15 is 0 Å². The topological polar surface area (TPSA) is 111 Å². The molecule has 0 bridgehead atoms. The van der Waals surface area contributed by atoms with Crippen LogP contribution in [0, 0.1) is 0 Å². The summed E-state index contributed by atoms with van der Waals surface area (Å²) in [6.07, 6.45) is 79.8. The first-order valence-corrected chi connectivity index (χ1v) is 37.5. The van der Waals surface area contributed by atoms with Crippen molar-refractivity contribution >= 4 is 19.8 Å². The van der Waals surface area contributed by atoms with Crippen LogP contribution in [0.1, 0.15) is 373 Å². The second-order valence-corrected chi connectivity index (χ2v) is 27.4. The number of rotatable bonds is 68. The number of ether oxygens (including phenoxy) is 2. The fraction of sp³-hybridized carbons (Fsp3) is 0.917. The van der Waals surface area contributed by atoms with Gasteiger partial charge in [-0.25, -0.2) is 0 Å². The van der Waals surface area contributed by atoms with Gasteiger partial charge in [0.2, 0.25) is 0 Å². The lowest BCUT2D eigenvalue weighted by Gasteiger charge is -2.28. The molecule has 0 radical (unpaired) electrons. The maximum Gasteiger partial charge on any atom is 0.306 e. The first-order chi connectivity index (χ1) is 40.0. The maximum atomic E-state index is 12.9. The van der Waals surface area contributed by atoms with Crippen molar-refractivity contribution in [3.05, 3.63) is 24.3 Å². The van der Waals surface area contributed by atoms with Crippen molar-refractivity contribution in [2.24, 2.45) is 0 Å². The molecule has 0 aromatic heterocycles. The normalized spacial score (nSPS) is 13.2. The summed E-state index contributed by atoms with van der Waals surface area (Å²) in [4.78, 5) is 38.1. The number of hydrogen-bond donors (Lipinski definition) is 0. The van der Waals surface area contributed by atoms with Crippen LogP contribution in [0.15, 0.2) is 24.3 Å². The predicted octanol–water partition coefficient (Wildman–Crippen LogP) is 22.6. The Morgan fingerprint density at radius 1 is 0.366 bits per heavy atom. The van der Waals surface area contributed by atoms with Gasteiger partial charge in [0.1, 0.15) is 19.8 Å². The van der Waals surface area contributed by atoms with Crippen LogP contribution in [-0.2, 0) is 32.7 Å². The predicted molar refractivity (Wildman–Crippen MR) is 351 cm³/mol. The number of likely N-dealkylation sites (N-methyl/N-ethyl adjacent to an activating group) is 1. The van der Waals surface area contributed by atoms with Gasteiger partial charge in [-0.2, -0.15) is 0 Å². The lowest BCUT2D eigenvalue weighted by molar-refractivity contribution is -0.870. The summed E-state index contributed by atoms with van der Waals surface area (Å²) in [5.41, 5.74) is 0. The minimum atomic E-state index is -4.64. The standard InChI is InChI=1S/C72H140NO8P/c1-6-8-10-12-14-16-18-20-22-24-26-28-30-32-34-36-38-40-42-44-46-48-50-52-54-56-58-60-62-64-71(74)78-68-70(69-80-82(76,77)79-67-66-73(3,4)5)81-72(75)65-63-61-59-57-55-53-51-49-47-45-43-41-39-37-35-33-31-29-27-25-23-21-19-17-15-13-11-9-7-2/h24-27,70H,6-23,28-69H2,1-5H3/b26-24-,27-25-. The van der Waals surface area contributed by atoms with Crippen LogP contribution in [-0.4, -0.2) is 70.0 Å². The van der Waals surface area contributed by atoms with Crippen molar-refractivity contribution in [1.29, 1.82) is 0 Å². The van der Waals surface area contributed by atoms with E-state index in [1.807, 2.05) is 21.1 Å². The van der Waals surface area contributed by atoms with Crippen molar-refractivity contribution in [2.45, 2.75) is 380 Å². The van der Waals surface area contributed by atoms with E-state index in [1.54, 1.807) is 0 Å². The molecule has 82 heavy (non-hydrogen) atoms. The molecular formula is C72H140NO8P. The molecule has 0 saturated heterocycles. The van der Waals surface area contributed by atoms with Gasteiger partial charge in [0.05, 0.1) is 27.7 Å². The number of unbranched alkanes of at least 4 members (excludes halogenated alkanes) is 50. The monoisotopic (exact) mass is 1180 g/mol. The molecule has 2 atom stereocenters. The molecule has 0 rings (SSSR count). The highest BCUT2D eigenvalue weighted by Crippen LogP contribution is 2.38. The summed E-state index contributed by atoms with van der Waals surface area (Å²) >= 11 is 0. The molecule has 10 heteroatoms. The summed E-state index contributed by atoms with van der Waals surface area (Å²) in [6, 6.07) is 0. The number of hydrogen-bond acceptors (Lipinski definition) is 8. The number of esters is 2. The van der Waals surface area contributed by atoms with Crippen molar-refractivity contribution < 1.29 is 42.1 Å². The molecule has 0 fully saturated rings. The molecule has 9 nitrogen and oxygen atoms in total. The largest absolute Gasteiger partial charge is 0.756 e. The Labute approximate surface area is 510 Å². The van der Waals surface area contributed by atoms with Crippen molar-refractivity contribution in [3.8, 4) is 0 Å². The van der Waals surface area contributed by atoms with Crippen LogP contribution in [0.3, 0.4) is 0 Å². The van der Waals surface area contributed by atoms with Gasteiger partial charge in [0.25, 0.3) is 7.82 Å². The third-order valence-corrected chi connectivity index (χ3v) is 17.4. The zero-order valence-corrected chi connectivity index (χ0v) is 56.4. The Hall–Kier alpha value is -1.51. The zero-order valence-electron chi connectivity index (χ0n) is 55.5. The fourth-order valence-corrected chi connectivity index (χ4v) is 11.6. The van der Waals surface area contributed by atoms with Gasteiger partial charge in [0.15, 0.2) is 6.10 Å². The van der Waals surface area contributed by atoms with Crippen LogP contribution >= 0.6 is 7.82 Å². The Kier molecular flexibility index (Phi) is 62.8. The quantitative estimate of drug-likeness (QED) is 0.0195. The van der Waals surface area contributed by atoms with Crippen LogP contribution in [0.25, 0.3) is 0 Å². The number of phosphoric ester groups is 1. The number of carbonyl (C=O) groups is 2. The van der Waals surface area contributed by atoms with E-state index in [-0.39, 0.29) is 32.0 Å². The number of carbonyl (C=O) groups excluding carboxylic acids is 2. The molecule has 0 N–H and O–H groups in total. The molecule has 0 heterocycles. The minimum absolute atomic E-state index is 0.0271. The number of phosphoric acid groups is 1. The van der Waals surface area contributed by atoms with E-state index in [0.717, 1.165) is 32.1 Å². The first-order valence-electron chi connectivity index (χ1n) is 36.0. The van der Waals surface area contributed by atoms with Gasteiger partial charge >= 0.3 is 11.9 Å². The smallest absolute Gasteiger partial charge is 0.306 e. The minimum Gasteiger partial charge on any atom is -0.756 e. The van der Waals surface area contributed by atoms with Crippen LogP contribution in [0.4, 0.5) is 0 Å². The third kappa shape index (κ3) is 67.6. The molecular weight excluding hydrogens is 1040 g/mol. The van der Waals surface area contributed by atoms with E-state index in [9.17, 15) is 19.0 Å². The van der Waals surface area contributed by atoms with E-state index in [1.165, 1.54) is 308 Å². The molecule has 0 aliphatic heterocycles. The molecule has 0 spiro atoms. The summed E-state index contributed by atoms with van der Waals surface area (Å²) in [7, 11) is 1.19. The lowest BCUT2D eigenvalue weighted by Crippen LogP contribution is -2.37. The molecule has 0 aromatic rings. The van der Waals surface area contributed by atoms with Crippen molar-refractivity contribution in [3.63, 3.8) is 0 Å². The zero-order chi connectivity index (χ0) is 59.8. The number of quaternary nitrogens is 1. The molecule has 0 aliphatic carbocycles. The molecule has 2 unspecified atom stereocenters. The summed E-state index contributed by atoms with van der Waals surface area (Å²) in [5, 5.41) is 0. The van der Waals surface area contributed by atoms with E-state index in [4.69, 9.17) is 18.5 Å². The Morgan fingerprint density at radius 3 is 0.902 bits per heavy atom. The van der Waals surface area contributed by atoms with Gasteiger partial charge in [-0.3, -0.25) is 14.2 Å². The molecule has 0 saturated carbocycles. The van der Waals surface area contributed by atoms with Gasteiger partial charge in [0, 0.05) is 12.8 Å². The SMILES string of the molecule is CCCCCCCCCC/C=C\CCCCCCCCCCCCCCCCCCCC(=O)OCC(COP(=O)([O-])OCC[N+](C)(C)C)OC(=O)CCCCCCCCCCCCCCCCCCC/C=C\CCCCCCCCCC. The highest BCUT2D eigenvalue weighted by molar-refractivity contribution is 7.45. The average Bonchev–Trinajstić information content (AvgIpc) is 3.44. The van der Waals surface area contributed by atoms with Crippen LogP contribution in [0.2, 0.25) is 0 Å². The molecule has 0 aliphatic rings. The van der Waals surface area contributed by atoms with Gasteiger partial charge in [-0.05, 0) is 64.2 Å². The van der Waals surface area contributed by atoms with Crippen molar-refractivity contribution in [1.82, 2.24) is 0 Å². The van der Waals surface area contributed by atoms with Crippen molar-refractivity contribution in [2.75, 3.05) is 47.5 Å². The van der Waals surface area contributed by atoms with E-state index in [0.29, 0.717) is 17.4 Å². The number of allylic oxidation sites excluding steroid dienone is 4. The third-order valence-electron chi connectivity index (χ3n) is 16.4. The average molecular weight is 1180 g/mol. The second kappa shape index (κ2) is 64.0. The highest BCUT2D eigenvalue weighted by atomic mass is 31.2. The number of nitrogens with zero attached hydrogens (tertiary/aromatic N) is 1. The maximum absolute atomic E-state index is 12.9. The lowest BCUT2D eigenvalue weighted by atomic mass is 10.0. The van der Waals surface area contributed by atoms with Gasteiger partial charge in [-0.15, -0.1) is 0 Å². The van der Waals surface area contributed by atoms with Gasteiger partial charge < -0.3 is 27.9 Å².